The molecule has 28 heavy (non-hydrogen) atoms. The third kappa shape index (κ3) is 4.56. The normalized spacial score (nSPS) is 12.0. The smallest absolute Gasteiger partial charge is 0.191 e. The maximum absolute atomic E-state index is 13.9. The van der Waals surface area contributed by atoms with E-state index in [2.05, 4.69) is 16.8 Å². The van der Waals surface area contributed by atoms with Crippen LogP contribution < -0.4 is 4.74 Å². The molecule has 2 aromatic carbocycles. The van der Waals surface area contributed by atoms with Crippen LogP contribution in [-0.2, 0) is 12.3 Å². The van der Waals surface area contributed by atoms with Crippen LogP contribution in [0.25, 0.3) is 0 Å². The van der Waals surface area contributed by atoms with Gasteiger partial charge in [-0.2, -0.15) is 0 Å². The number of nitrogens with zero attached hydrogens (tertiary/aromatic N) is 3. The number of benzene rings is 2. The largest absolute Gasteiger partial charge is 0.480 e. The highest BCUT2D eigenvalue weighted by Crippen LogP contribution is 2.28. The van der Waals surface area contributed by atoms with Gasteiger partial charge in [0, 0.05) is 18.4 Å². The van der Waals surface area contributed by atoms with Gasteiger partial charge in [0.1, 0.15) is 11.6 Å². The van der Waals surface area contributed by atoms with Gasteiger partial charge in [-0.1, -0.05) is 36.0 Å². The topological polar surface area (TPSA) is 39.9 Å². The molecule has 0 saturated heterocycles. The lowest BCUT2D eigenvalue weighted by Crippen LogP contribution is -2.13. The number of rotatable bonds is 8. The molecule has 1 atom stereocenters. The van der Waals surface area contributed by atoms with Gasteiger partial charge < -0.3 is 4.74 Å². The third-order valence-electron chi connectivity index (χ3n) is 3.93. The Morgan fingerprint density at radius 2 is 1.93 bits per heavy atom. The van der Waals surface area contributed by atoms with Crippen molar-refractivity contribution in [2.24, 2.45) is 0 Å². The molecule has 0 aliphatic heterocycles. The molecule has 0 N–H and O–H groups in total. The highest BCUT2D eigenvalue weighted by molar-refractivity contribution is 7.98. The Balaban J connectivity index is 1.79. The number of ether oxygens (including phenoxy) is 1. The average molecular weight is 405 g/mol. The zero-order chi connectivity index (χ0) is 20.1. The van der Waals surface area contributed by atoms with Gasteiger partial charge in [0.05, 0.1) is 0 Å². The van der Waals surface area contributed by atoms with Gasteiger partial charge in [-0.3, -0.25) is 4.57 Å². The fourth-order valence-corrected chi connectivity index (χ4v) is 3.52. The Bertz CT molecular complexity index is 977. The molecule has 0 spiro atoms. The van der Waals surface area contributed by atoms with Gasteiger partial charge in [0.2, 0.25) is 0 Å². The first-order chi connectivity index (χ1) is 13.5. The lowest BCUT2D eigenvalue weighted by Gasteiger charge is -2.16. The Hall–Kier alpha value is -2.74. The van der Waals surface area contributed by atoms with E-state index in [1.165, 1.54) is 23.9 Å². The molecule has 0 amide bonds. The van der Waals surface area contributed by atoms with E-state index in [1.54, 1.807) is 35.8 Å². The number of hydrogen-bond donors (Lipinski definition) is 0. The molecule has 4 nitrogen and oxygen atoms in total. The summed E-state index contributed by atoms with van der Waals surface area (Å²) >= 11 is 1.33. The van der Waals surface area contributed by atoms with Gasteiger partial charge in [0.15, 0.2) is 28.7 Å². The predicted molar refractivity (Wildman–Crippen MR) is 102 cm³/mol. The first-order valence-electron chi connectivity index (χ1n) is 8.51. The van der Waals surface area contributed by atoms with Crippen LogP contribution in [0, 0.1) is 17.5 Å². The standard InChI is InChI=1S/C20H18F3N3OS/c1-3-10-26-19(13(2)27-18-9-8-15(21)11-17(18)23)24-25-20(26)28-12-14-6-4-5-7-16(14)22/h3-9,11,13H,1,10,12H2,2H3. The van der Waals surface area contributed by atoms with E-state index >= 15 is 0 Å². The van der Waals surface area contributed by atoms with E-state index in [0.717, 1.165) is 12.1 Å². The van der Waals surface area contributed by atoms with Crippen molar-refractivity contribution in [3.8, 4) is 5.75 Å². The van der Waals surface area contributed by atoms with Crippen molar-refractivity contribution in [1.29, 1.82) is 0 Å². The second kappa shape index (κ2) is 8.97. The van der Waals surface area contributed by atoms with Crippen LogP contribution in [0.3, 0.4) is 0 Å². The van der Waals surface area contributed by atoms with Gasteiger partial charge in [-0.15, -0.1) is 16.8 Å². The molecule has 0 aliphatic carbocycles. The summed E-state index contributed by atoms with van der Waals surface area (Å²) in [5, 5.41) is 8.86. The summed E-state index contributed by atoms with van der Waals surface area (Å²) in [6, 6.07) is 9.62. The Morgan fingerprint density at radius 3 is 2.64 bits per heavy atom. The summed E-state index contributed by atoms with van der Waals surface area (Å²) in [6.45, 7) is 5.83. The van der Waals surface area contributed by atoms with Gasteiger partial charge in [-0.25, -0.2) is 13.2 Å². The van der Waals surface area contributed by atoms with Crippen LogP contribution in [0.4, 0.5) is 13.2 Å². The van der Waals surface area contributed by atoms with Crippen LogP contribution in [0.5, 0.6) is 5.75 Å². The minimum atomic E-state index is -0.796. The molecule has 146 valence electrons. The van der Waals surface area contributed by atoms with Crippen molar-refractivity contribution in [1.82, 2.24) is 14.8 Å². The van der Waals surface area contributed by atoms with Crippen molar-refractivity contribution in [2.45, 2.75) is 30.5 Å². The summed E-state index contributed by atoms with van der Waals surface area (Å²) in [6.07, 6.45) is 1.03. The fourth-order valence-electron chi connectivity index (χ4n) is 2.58. The fraction of sp³-hybridized carbons (Fsp3) is 0.200. The molecule has 0 radical (unpaired) electrons. The van der Waals surface area contributed by atoms with Gasteiger partial charge in [0.25, 0.3) is 0 Å². The minimum absolute atomic E-state index is 0.0809. The maximum atomic E-state index is 13.9. The Morgan fingerprint density at radius 1 is 1.14 bits per heavy atom. The second-order valence-corrected chi connectivity index (χ2v) is 6.90. The van der Waals surface area contributed by atoms with E-state index in [9.17, 15) is 13.2 Å². The van der Waals surface area contributed by atoms with Crippen molar-refractivity contribution < 1.29 is 17.9 Å². The molecule has 1 heterocycles. The number of allylic oxidation sites excluding steroid dienone is 1. The molecule has 0 fully saturated rings. The quantitative estimate of drug-likeness (QED) is 0.376. The molecule has 0 aliphatic rings. The molecule has 3 aromatic rings. The maximum Gasteiger partial charge on any atom is 0.191 e. The average Bonchev–Trinajstić information content (AvgIpc) is 3.06. The van der Waals surface area contributed by atoms with Crippen molar-refractivity contribution >= 4 is 11.8 Å². The summed E-state index contributed by atoms with van der Waals surface area (Å²) in [7, 11) is 0. The first kappa shape index (κ1) is 20.0. The summed E-state index contributed by atoms with van der Waals surface area (Å²) in [5.74, 6) is -1.00. The van der Waals surface area contributed by atoms with E-state index in [-0.39, 0.29) is 11.6 Å². The van der Waals surface area contributed by atoms with Gasteiger partial charge >= 0.3 is 0 Å². The Labute approximate surface area is 165 Å². The van der Waals surface area contributed by atoms with Crippen LogP contribution in [0.2, 0.25) is 0 Å². The first-order valence-corrected chi connectivity index (χ1v) is 9.50. The number of thioether (sulfide) groups is 1. The number of hydrogen-bond acceptors (Lipinski definition) is 4. The summed E-state index contributed by atoms with van der Waals surface area (Å²) in [4.78, 5) is 0. The molecule has 1 unspecified atom stereocenters. The molecule has 3 rings (SSSR count). The summed E-state index contributed by atoms with van der Waals surface area (Å²) in [5.41, 5.74) is 0.555. The van der Waals surface area contributed by atoms with E-state index in [0.29, 0.717) is 28.8 Å². The monoisotopic (exact) mass is 405 g/mol. The van der Waals surface area contributed by atoms with Crippen LogP contribution >= 0.6 is 11.8 Å². The molecule has 1 aromatic heterocycles. The molecular weight excluding hydrogens is 387 g/mol. The second-order valence-electron chi connectivity index (χ2n) is 5.95. The molecule has 0 bridgehead atoms. The van der Waals surface area contributed by atoms with Crippen LogP contribution in [0.15, 0.2) is 60.3 Å². The molecular formula is C20H18F3N3OS. The lowest BCUT2D eigenvalue weighted by molar-refractivity contribution is 0.200. The van der Waals surface area contributed by atoms with E-state index in [1.807, 2.05) is 0 Å². The minimum Gasteiger partial charge on any atom is -0.480 e. The van der Waals surface area contributed by atoms with Crippen molar-refractivity contribution in [3.63, 3.8) is 0 Å². The highest BCUT2D eigenvalue weighted by Gasteiger charge is 2.20. The predicted octanol–water partition coefficient (Wildman–Crippen LogP) is 5.31. The number of halogens is 3. The van der Waals surface area contributed by atoms with E-state index in [4.69, 9.17) is 4.74 Å². The van der Waals surface area contributed by atoms with Crippen molar-refractivity contribution in [2.75, 3.05) is 0 Å². The van der Waals surface area contributed by atoms with Crippen LogP contribution in [0.1, 0.15) is 24.4 Å². The van der Waals surface area contributed by atoms with Crippen LogP contribution in [-0.4, -0.2) is 14.8 Å². The Kier molecular flexibility index (Phi) is 6.41. The highest BCUT2D eigenvalue weighted by atomic mass is 32.2. The third-order valence-corrected chi connectivity index (χ3v) is 4.95. The lowest BCUT2D eigenvalue weighted by atomic mass is 10.2. The van der Waals surface area contributed by atoms with E-state index < -0.39 is 17.7 Å². The molecule has 0 saturated carbocycles. The molecule has 8 heteroatoms. The summed E-state index contributed by atoms with van der Waals surface area (Å²) < 4.78 is 48.1. The van der Waals surface area contributed by atoms with Gasteiger partial charge in [-0.05, 0) is 30.7 Å². The van der Waals surface area contributed by atoms with Crippen molar-refractivity contribution in [3.05, 3.63) is 84.0 Å². The zero-order valence-corrected chi connectivity index (χ0v) is 15.9. The number of aromatic nitrogens is 3. The zero-order valence-electron chi connectivity index (χ0n) is 15.1. The SMILES string of the molecule is C=CCn1c(SCc2ccccc2F)nnc1C(C)Oc1ccc(F)cc1F.